The second-order valence-electron chi connectivity index (χ2n) is 11.9. The molecule has 0 aromatic carbocycles. The Labute approximate surface area is 245 Å². The van der Waals surface area contributed by atoms with Crippen molar-refractivity contribution < 1.29 is 23.4 Å². The first-order chi connectivity index (χ1) is 20.4. The first-order valence-electron chi connectivity index (χ1n) is 14.1. The summed E-state index contributed by atoms with van der Waals surface area (Å²) in [6, 6.07) is 6.58. The number of alkyl halides is 3. The van der Waals surface area contributed by atoms with Crippen LogP contribution < -0.4 is 0 Å². The van der Waals surface area contributed by atoms with Crippen molar-refractivity contribution in [2.45, 2.75) is 62.7 Å². The molecule has 2 aliphatic rings. The molecule has 0 amide bonds. The normalized spacial score (nSPS) is 22.8. The van der Waals surface area contributed by atoms with E-state index in [0.29, 0.717) is 32.6 Å². The number of hydrogen-bond donors (Lipinski definition) is 3. The Kier molecular flexibility index (Phi) is 7.24. The van der Waals surface area contributed by atoms with Crippen LogP contribution in [0.4, 0.5) is 13.2 Å². The third-order valence-electron chi connectivity index (χ3n) is 8.65. The molecule has 1 aliphatic heterocycles. The molecular weight excluding hydrogens is 563 g/mol. The van der Waals surface area contributed by atoms with Crippen LogP contribution in [0.5, 0.6) is 0 Å². The summed E-state index contributed by atoms with van der Waals surface area (Å²) in [7, 11) is 0. The maximum absolute atomic E-state index is 13.5. The summed E-state index contributed by atoms with van der Waals surface area (Å²) >= 11 is 0. The molecule has 5 heterocycles. The number of aromatic nitrogens is 6. The predicted octanol–water partition coefficient (Wildman–Crippen LogP) is 3.54. The lowest BCUT2D eigenvalue weighted by Crippen LogP contribution is -2.60. The van der Waals surface area contributed by atoms with Gasteiger partial charge in [0.2, 0.25) is 0 Å². The van der Waals surface area contributed by atoms with Crippen molar-refractivity contribution in [1.82, 2.24) is 39.5 Å². The second-order valence-corrected chi connectivity index (χ2v) is 11.9. The van der Waals surface area contributed by atoms with Gasteiger partial charge in [0, 0.05) is 55.6 Å². The SMILES string of the molecule is CC(C)(O)c1cc(C(O)N2CCN(C3CC(CC#N)(n4cc(-c5ncnc6[nH]ccc56)cn4)C3)CC2)nc(C(F)(F)F)c1. The van der Waals surface area contributed by atoms with Crippen LogP contribution in [0.2, 0.25) is 0 Å². The lowest BCUT2D eigenvalue weighted by molar-refractivity contribution is -0.141. The van der Waals surface area contributed by atoms with Gasteiger partial charge in [0.25, 0.3) is 0 Å². The standard InChI is InChI=1S/C29H32F3N9O2/c1-27(2,43)19-11-22(38-23(12-19)29(30,31)32)26(42)40-9-7-39(8-10-40)20-13-28(14-20,4-5-33)41-16-18(15-37-41)24-21-3-6-34-25(21)36-17-35-24/h3,6,11-12,15-17,20,26,42-43H,4,7-10,13-14H2,1-2H3,(H,34,35,36). The average molecular weight is 596 g/mol. The van der Waals surface area contributed by atoms with Crippen molar-refractivity contribution in [2.75, 3.05) is 26.2 Å². The van der Waals surface area contributed by atoms with E-state index >= 15 is 0 Å². The van der Waals surface area contributed by atoms with E-state index in [0.717, 1.165) is 41.2 Å². The summed E-state index contributed by atoms with van der Waals surface area (Å²) < 4.78 is 42.5. The highest BCUT2D eigenvalue weighted by Crippen LogP contribution is 2.45. The Bertz CT molecular complexity index is 1620. The fourth-order valence-electron chi connectivity index (χ4n) is 6.16. The van der Waals surface area contributed by atoms with Crippen LogP contribution in [0.1, 0.15) is 56.3 Å². The summed E-state index contributed by atoms with van der Waals surface area (Å²) in [6.45, 7) is 4.82. The van der Waals surface area contributed by atoms with Crippen molar-refractivity contribution >= 4 is 11.0 Å². The van der Waals surface area contributed by atoms with Gasteiger partial charge in [-0.05, 0) is 50.5 Å². The van der Waals surface area contributed by atoms with Crippen LogP contribution in [0.3, 0.4) is 0 Å². The third kappa shape index (κ3) is 5.49. The zero-order valence-corrected chi connectivity index (χ0v) is 23.8. The molecule has 3 N–H and O–H groups in total. The molecule has 6 rings (SSSR count). The number of aliphatic hydroxyl groups is 2. The van der Waals surface area contributed by atoms with E-state index in [1.165, 1.54) is 26.2 Å². The monoisotopic (exact) mass is 595 g/mol. The van der Waals surface area contributed by atoms with E-state index in [2.05, 4.69) is 36.0 Å². The summed E-state index contributed by atoms with van der Waals surface area (Å²) in [5, 5.41) is 36.5. The van der Waals surface area contributed by atoms with Crippen LogP contribution in [0, 0.1) is 11.3 Å². The number of aromatic amines is 1. The molecule has 226 valence electrons. The minimum Gasteiger partial charge on any atom is -0.386 e. The number of fused-ring (bicyclic) bond motifs is 1. The van der Waals surface area contributed by atoms with Crippen molar-refractivity contribution in [3.63, 3.8) is 0 Å². The quantitative estimate of drug-likeness (QED) is 0.292. The van der Waals surface area contributed by atoms with Crippen LogP contribution in [-0.2, 0) is 17.3 Å². The van der Waals surface area contributed by atoms with Gasteiger partial charge in [0.15, 0.2) is 6.23 Å². The molecule has 0 radical (unpaired) electrons. The zero-order chi connectivity index (χ0) is 30.6. The molecule has 0 spiro atoms. The molecule has 43 heavy (non-hydrogen) atoms. The fraction of sp³-hybridized carbons (Fsp3) is 0.483. The van der Waals surface area contributed by atoms with Crippen molar-refractivity contribution in [3.05, 3.63) is 60.1 Å². The Hall–Kier alpha value is -3.90. The van der Waals surface area contributed by atoms with Gasteiger partial charge in [-0.25, -0.2) is 15.0 Å². The van der Waals surface area contributed by atoms with Gasteiger partial charge < -0.3 is 15.2 Å². The maximum Gasteiger partial charge on any atom is 0.433 e. The molecule has 1 aliphatic carbocycles. The number of H-pyrrole nitrogens is 1. The fourth-order valence-corrected chi connectivity index (χ4v) is 6.16. The second kappa shape index (κ2) is 10.7. The number of aliphatic hydroxyl groups excluding tert-OH is 1. The Morgan fingerprint density at radius 3 is 2.58 bits per heavy atom. The molecule has 1 saturated heterocycles. The number of piperazine rings is 1. The summed E-state index contributed by atoms with van der Waals surface area (Å²) in [5.41, 5.74) is -0.910. The Morgan fingerprint density at radius 1 is 1.16 bits per heavy atom. The molecule has 0 bridgehead atoms. The molecule has 4 aromatic rings. The van der Waals surface area contributed by atoms with Gasteiger partial charge >= 0.3 is 6.18 Å². The highest BCUT2D eigenvalue weighted by molar-refractivity contribution is 5.90. The topological polar surface area (TPSA) is 143 Å². The summed E-state index contributed by atoms with van der Waals surface area (Å²) in [6.07, 6.45) is 2.68. The Morgan fingerprint density at radius 2 is 1.91 bits per heavy atom. The van der Waals surface area contributed by atoms with E-state index in [1.54, 1.807) is 11.1 Å². The minimum atomic E-state index is -4.72. The molecule has 4 aromatic heterocycles. The average Bonchev–Trinajstić information content (AvgIpc) is 3.64. The van der Waals surface area contributed by atoms with Gasteiger partial charge in [0.1, 0.15) is 17.7 Å². The number of nitrogens with zero attached hydrogens (tertiary/aromatic N) is 8. The van der Waals surface area contributed by atoms with E-state index < -0.39 is 29.2 Å². The summed E-state index contributed by atoms with van der Waals surface area (Å²) in [4.78, 5) is 19.4. The van der Waals surface area contributed by atoms with Gasteiger partial charge in [0.05, 0.1) is 41.2 Å². The van der Waals surface area contributed by atoms with Gasteiger partial charge in [-0.3, -0.25) is 14.5 Å². The minimum absolute atomic E-state index is 0.0322. The first-order valence-corrected chi connectivity index (χ1v) is 14.1. The number of nitriles is 1. The predicted molar refractivity (Wildman–Crippen MR) is 149 cm³/mol. The summed E-state index contributed by atoms with van der Waals surface area (Å²) in [5.74, 6) is 0. The highest BCUT2D eigenvalue weighted by Gasteiger charge is 2.49. The molecule has 1 atom stereocenters. The van der Waals surface area contributed by atoms with Crippen LogP contribution in [0.15, 0.2) is 43.1 Å². The smallest absolute Gasteiger partial charge is 0.386 e. The zero-order valence-electron chi connectivity index (χ0n) is 23.8. The first kappa shape index (κ1) is 29.2. The number of rotatable bonds is 7. The van der Waals surface area contributed by atoms with E-state index in [-0.39, 0.29) is 17.3 Å². The van der Waals surface area contributed by atoms with E-state index in [4.69, 9.17) is 0 Å². The molecule has 1 unspecified atom stereocenters. The number of nitrogens with one attached hydrogen (secondary N) is 1. The third-order valence-corrected chi connectivity index (χ3v) is 8.65. The lowest BCUT2D eigenvalue weighted by atomic mass is 9.70. The van der Waals surface area contributed by atoms with Crippen LogP contribution in [0.25, 0.3) is 22.3 Å². The van der Waals surface area contributed by atoms with Gasteiger partial charge in [-0.2, -0.15) is 23.5 Å². The van der Waals surface area contributed by atoms with Gasteiger partial charge in [-0.15, -0.1) is 0 Å². The number of hydrogen-bond acceptors (Lipinski definition) is 9. The highest BCUT2D eigenvalue weighted by atomic mass is 19.4. The van der Waals surface area contributed by atoms with Crippen LogP contribution >= 0.6 is 0 Å². The van der Waals surface area contributed by atoms with E-state index in [9.17, 15) is 28.6 Å². The van der Waals surface area contributed by atoms with Gasteiger partial charge in [-0.1, -0.05) is 0 Å². The molecule has 1 saturated carbocycles. The Balaban J connectivity index is 1.12. The van der Waals surface area contributed by atoms with Crippen LogP contribution in [-0.4, -0.2) is 82.0 Å². The molecule has 2 fully saturated rings. The van der Waals surface area contributed by atoms with Crippen molar-refractivity contribution in [2.24, 2.45) is 0 Å². The molecule has 11 nitrogen and oxygen atoms in total. The van der Waals surface area contributed by atoms with E-state index in [1.807, 2.05) is 23.1 Å². The number of pyridine rings is 1. The molecular formula is C29H32F3N9O2. The number of halogens is 3. The lowest BCUT2D eigenvalue weighted by Gasteiger charge is -2.52. The maximum atomic E-state index is 13.5. The molecule has 14 heteroatoms. The van der Waals surface area contributed by atoms with Crippen molar-refractivity contribution in [3.8, 4) is 17.3 Å². The van der Waals surface area contributed by atoms with Crippen molar-refractivity contribution in [1.29, 1.82) is 5.26 Å². The largest absolute Gasteiger partial charge is 0.433 e.